The van der Waals surface area contributed by atoms with Crippen LogP contribution in [0.4, 0.5) is 5.95 Å². The number of carbonyl (C=O) groups excluding carboxylic acids is 1. The molecule has 0 bridgehead atoms. The molecular weight excluding hydrogens is 346 g/mol. The van der Waals surface area contributed by atoms with Gasteiger partial charge in [-0.25, -0.2) is 4.98 Å². The predicted octanol–water partition coefficient (Wildman–Crippen LogP) is 2.81. The second kappa shape index (κ2) is 5.92. The van der Waals surface area contributed by atoms with Crippen molar-refractivity contribution >= 4 is 38.8 Å². The van der Waals surface area contributed by atoms with E-state index in [-0.39, 0.29) is 11.8 Å². The lowest BCUT2D eigenvalue weighted by molar-refractivity contribution is -0.119. The molecule has 114 valence electrons. The lowest BCUT2D eigenvalue weighted by atomic mass is 10.1. The minimum absolute atomic E-state index is 0.0787. The molecule has 3 aromatic rings. The molecule has 6 nitrogen and oxygen atoms in total. The molecule has 0 aliphatic rings. The highest BCUT2D eigenvalue weighted by molar-refractivity contribution is 9.10. The molecule has 3 rings (SSSR count). The maximum absolute atomic E-state index is 12.3. The minimum Gasteiger partial charge on any atom is -0.313 e. The van der Waals surface area contributed by atoms with Gasteiger partial charge in [-0.3, -0.25) is 14.8 Å². The van der Waals surface area contributed by atoms with Gasteiger partial charge in [-0.15, -0.1) is 0 Å². The highest BCUT2D eigenvalue weighted by atomic mass is 79.9. The van der Waals surface area contributed by atoms with Crippen molar-refractivity contribution in [2.24, 2.45) is 13.0 Å². The SMILES string of the molecule is C[C@H](Cn1cc(Br)cn1)C(=O)Nc1nc2ccccc2n1C. The van der Waals surface area contributed by atoms with E-state index < -0.39 is 0 Å². The maximum atomic E-state index is 12.3. The van der Waals surface area contributed by atoms with Crippen molar-refractivity contribution in [3.05, 3.63) is 41.1 Å². The number of aryl methyl sites for hydroxylation is 1. The first-order valence-corrected chi connectivity index (χ1v) is 7.74. The standard InChI is InChI=1S/C15H16BrN5O/c1-10(8-21-9-11(16)7-17-21)14(22)19-15-18-12-5-3-4-6-13(12)20(15)2/h3-7,9-10H,8H2,1-2H3,(H,18,19,22)/t10-/m1/s1. The third-order valence-electron chi connectivity index (χ3n) is 3.53. The predicted molar refractivity (Wildman–Crippen MR) is 88.4 cm³/mol. The van der Waals surface area contributed by atoms with E-state index in [4.69, 9.17) is 0 Å². The van der Waals surface area contributed by atoms with Gasteiger partial charge in [0.25, 0.3) is 0 Å². The topological polar surface area (TPSA) is 64.7 Å². The molecule has 0 fully saturated rings. The Labute approximate surface area is 136 Å². The Balaban J connectivity index is 1.73. The first-order chi connectivity index (χ1) is 10.5. The number of benzene rings is 1. The summed E-state index contributed by atoms with van der Waals surface area (Å²) in [5.74, 6) is 0.260. The molecule has 0 unspecified atom stereocenters. The van der Waals surface area contributed by atoms with Gasteiger partial charge in [0.15, 0.2) is 0 Å². The van der Waals surface area contributed by atoms with E-state index in [1.54, 1.807) is 10.9 Å². The zero-order valence-corrected chi connectivity index (χ0v) is 13.9. The van der Waals surface area contributed by atoms with Crippen molar-refractivity contribution in [3.8, 4) is 0 Å². The van der Waals surface area contributed by atoms with Gasteiger partial charge in [0, 0.05) is 13.2 Å². The zero-order valence-electron chi connectivity index (χ0n) is 12.3. The summed E-state index contributed by atoms with van der Waals surface area (Å²) in [6.07, 6.45) is 3.55. The summed E-state index contributed by atoms with van der Waals surface area (Å²) in [7, 11) is 1.89. The second-order valence-corrected chi connectivity index (χ2v) is 6.17. The number of rotatable bonds is 4. The molecule has 1 atom stereocenters. The fraction of sp³-hybridized carbons (Fsp3) is 0.267. The lowest BCUT2D eigenvalue weighted by Crippen LogP contribution is -2.25. The highest BCUT2D eigenvalue weighted by Crippen LogP contribution is 2.18. The number of halogens is 1. The number of aromatic nitrogens is 4. The fourth-order valence-corrected chi connectivity index (χ4v) is 2.62. The Hall–Kier alpha value is -2.15. The highest BCUT2D eigenvalue weighted by Gasteiger charge is 2.17. The third kappa shape index (κ3) is 2.89. The molecule has 0 aliphatic carbocycles. The average Bonchev–Trinajstić information content (AvgIpc) is 3.04. The smallest absolute Gasteiger partial charge is 0.231 e. The van der Waals surface area contributed by atoms with E-state index in [1.165, 1.54) is 0 Å². The van der Waals surface area contributed by atoms with Gasteiger partial charge in [-0.1, -0.05) is 19.1 Å². The van der Waals surface area contributed by atoms with E-state index in [9.17, 15) is 4.79 Å². The van der Waals surface area contributed by atoms with Crippen LogP contribution in [0, 0.1) is 5.92 Å². The van der Waals surface area contributed by atoms with Crippen molar-refractivity contribution < 1.29 is 4.79 Å². The molecule has 0 saturated carbocycles. The van der Waals surface area contributed by atoms with Gasteiger partial charge in [0.05, 0.1) is 34.2 Å². The molecule has 7 heteroatoms. The van der Waals surface area contributed by atoms with Crippen LogP contribution in [0.5, 0.6) is 0 Å². The number of carbonyl (C=O) groups is 1. The number of imidazole rings is 1. The number of amides is 1. The number of hydrogen-bond donors (Lipinski definition) is 1. The number of nitrogens with zero attached hydrogens (tertiary/aromatic N) is 4. The summed E-state index contributed by atoms with van der Waals surface area (Å²) < 4.78 is 4.52. The van der Waals surface area contributed by atoms with Crippen molar-refractivity contribution in [2.45, 2.75) is 13.5 Å². The molecule has 1 amide bonds. The number of fused-ring (bicyclic) bond motifs is 1. The summed E-state index contributed by atoms with van der Waals surface area (Å²) in [6, 6.07) is 7.78. The normalized spacial score (nSPS) is 12.5. The number of nitrogens with one attached hydrogen (secondary N) is 1. The molecule has 0 saturated heterocycles. The summed E-state index contributed by atoms with van der Waals surface area (Å²) in [6.45, 7) is 2.38. The molecule has 1 aromatic carbocycles. The summed E-state index contributed by atoms with van der Waals surface area (Å²) >= 11 is 3.34. The van der Waals surface area contributed by atoms with Gasteiger partial charge >= 0.3 is 0 Å². The molecule has 1 N–H and O–H groups in total. The Bertz CT molecular complexity index is 822. The zero-order chi connectivity index (χ0) is 15.7. The summed E-state index contributed by atoms with van der Waals surface area (Å²) in [4.78, 5) is 16.8. The molecule has 2 heterocycles. The van der Waals surface area contributed by atoms with Crippen LogP contribution in [0.25, 0.3) is 11.0 Å². The van der Waals surface area contributed by atoms with Gasteiger partial charge < -0.3 is 4.57 Å². The molecule has 0 spiro atoms. The molecule has 2 aromatic heterocycles. The van der Waals surface area contributed by atoms with Crippen molar-refractivity contribution in [1.29, 1.82) is 0 Å². The Morgan fingerprint density at radius 3 is 2.86 bits per heavy atom. The maximum Gasteiger partial charge on any atom is 0.231 e. The molecule has 0 radical (unpaired) electrons. The monoisotopic (exact) mass is 361 g/mol. The van der Waals surface area contributed by atoms with Crippen LogP contribution in [-0.4, -0.2) is 25.2 Å². The van der Waals surface area contributed by atoms with E-state index in [0.29, 0.717) is 12.5 Å². The van der Waals surface area contributed by atoms with Gasteiger partial charge in [0.1, 0.15) is 0 Å². The first kappa shape index (κ1) is 14.8. The molecule has 0 aliphatic heterocycles. The van der Waals surface area contributed by atoms with Crippen LogP contribution in [0.1, 0.15) is 6.92 Å². The van der Waals surface area contributed by atoms with Crippen LogP contribution < -0.4 is 5.32 Å². The number of anilines is 1. The summed E-state index contributed by atoms with van der Waals surface area (Å²) in [5, 5.41) is 7.05. The van der Waals surface area contributed by atoms with Gasteiger partial charge in [-0.05, 0) is 28.1 Å². The van der Waals surface area contributed by atoms with Crippen molar-refractivity contribution in [3.63, 3.8) is 0 Å². The van der Waals surface area contributed by atoms with Gasteiger partial charge in [0.2, 0.25) is 11.9 Å². The molecular formula is C15H16BrN5O. The number of hydrogen-bond acceptors (Lipinski definition) is 3. The Morgan fingerprint density at radius 2 is 2.18 bits per heavy atom. The van der Waals surface area contributed by atoms with Gasteiger partial charge in [-0.2, -0.15) is 5.10 Å². The van der Waals surface area contributed by atoms with E-state index in [0.717, 1.165) is 15.5 Å². The third-order valence-corrected chi connectivity index (χ3v) is 3.94. The quantitative estimate of drug-likeness (QED) is 0.776. The van der Waals surface area contributed by atoms with Crippen LogP contribution in [0.15, 0.2) is 41.1 Å². The fourth-order valence-electron chi connectivity index (χ4n) is 2.29. The Kier molecular flexibility index (Phi) is 3.98. The van der Waals surface area contributed by atoms with E-state index in [2.05, 4.69) is 31.3 Å². The number of para-hydroxylation sites is 2. The first-order valence-electron chi connectivity index (χ1n) is 6.95. The van der Waals surface area contributed by atoms with Crippen LogP contribution >= 0.6 is 15.9 Å². The largest absolute Gasteiger partial charge is 0.313 e. The van der Waals surface area contributed by atoms with Crippen molar-refractivity contribution in [1.82, 2.24) is 19.3 Å². The minimum atomic E-state index is -0.216. The average molecular weight is 362 g/mol. The molecule has 22 heavy (non-hydrogen) atoms. The Morgan fingerprint density at radius 1 is 1.41 bits per heavy atom. The van der Waals surface area contributed by atoms with E-state index >= 15 is 0 Å². The second-order valence-electron chi connectivity index (χ2n) is 5.25. The summed E-state index contributed by atoms with van der Waals surface area (Å²) in [5.41, 5.74) is 1.85. The van der Waals surface area contributed by atoms with Crippen LogP contribution in [-0.2, 0) is 18.4 Å². The lowest BCUT2D eigenvalue weighted by Gasteiger charge is -2.12. The van der Waals surface area contributed by atoms with Crippen LogP contribution in [0.2, 0.25) is 0 Å². The van der Waals surface area contributed by atoms with Crippen molar-refractivity contribution in [2.75, 3.05) is 5.32 Å². The van der Waals surface area contributed by atoms with E-state index in [1.807, 2.05) is 49.0 Å². The van der Waals surface area contributed by atoms with Crippen LogP contribution in [0.3, 0.4) is 0 Å².